The van der Waals surface area contributed by atoms with E-state index in [9.17, 15) is 4.79 Å². The van der Waals surface area contributed by atoms with Crippen LogP contribution in [0.4, 0.5) is 17.5 Å². The molecule has 0 spiro atoms. The van der Waals surface area contributed by atoms with Gasteiger partial charge in [0.05, 0.1) is 5.69 Å². The van der Waals surface area contributed by atoms with E-state index in [1.54, 1.807) is 12.4 Å². The maximum absolute atomic E-state index is 11.6. The molecule has 2 aromatic heterocycles. The molecule has 0 saturated heterocycles. The molecule has 8 nitrogen and oxygen atoms in total. The number of aromatic amines is 1. The molecule has 0 aliphatic heterocycles. The molecule has 8 heteroatoms. The van der Waals surface area contributed by atoms with Crippen molar-refractivity contribution in [1.29, 1.82) is 0 Å². The summed E-state index contributed by atoms with van der Waals surface area (Å²) in [4.78, 5) is 23.1. The maximum Gasteiger partial charge on any atom is 0.254 e. The van der Waals surface area contributed by atoms with E-state index in [4.69, 9.17) is 11.5 Å². The number of carbonyl (C=O) groups is 1. The van der Waals surface area contributed by atoms with Crippen molar-refractivity contribution in [3.63, 3.8) is 0 Å². The summed E-state index contributed by atoms with van der Waals surface area (Å²) in [5.41, 5.74) is 12.6. The van der Waals surface area contributed by atoms with Gasteiger partial charge in [0.25, 0.3) is 5.91 Å². The van der Waals surface area contributed by atoms with Crippen molar-refractivity contribution in [1.82, 2.24) is 15.0 Å². The minimum Gasteiger partial charge on any atom is -0.366 e. The summed E-state index contributed by atoms with van der Waals surface area (Å²) in [6.45, 7) is 0. The molecule has 1 amide bonds. The van der Waals surface area contributed by atoms with Crippen LogP contribution in [0, 0.1) is 0 Å². The highest BCUT2D eigenvalue weighted by Gasteiger charge is 2.23. The number of amides is 1. The van der Waals surface area contributed by atoms with Crippen molar-refractivity contribution >= 4 is 23.4 Å². The summed E-state index contributed by atoms with van der Waals surface area (Å²) in [7, 11) is 0. The maximum atomic E-state index is 11.6. The van der Waals surface area contributed by atoms with Gasteiger partial charge >= 0.3 is 0 Å². The summed E-state index contributed by atoms with van der Waals surface area (Å²) < 4.78 is 0. The van der Waals surface area contributed by atoms with Crippen molar-refractivity contribution < 1.29 is 4.79 Å². The number of nitrogens with two attached hydrogens (primary N) is 2. The fraction of sp³-hybridized carbons (Fsp3) is 0.400. The molecular weight excluding hydrogens is 294 g/mol. The van der Waals surface area contributed by atoms with E-state index in [-0.39, 0.29) is 17.6 Å². The van der Waals surface area contributed by atoms with E-state index in [1.165, 1.54) is 6.20 Å². The van der Waals surface area contributed by atoms with Crippen LogP contribution in [0.2, 0.25) is 0 Å². The standard InChI is InChI=1S/C15H21N7O/c16-11-3-1-2-4-12(11)21-15-19-8-10(13(17)23)14(22-15)20-9-5-6-18-7-9/h5-8,11-12,18H,1-4,16H2,(H2,17,23)(H2,19,20,21,22)/t11-,12+/m0/s1. The molecule has 2 atom stereocenters. The van der Waals surface area contributed by atoms with Crippen molar-refractivity contribution in [2.75, 3.05) is 10.6 Å². The van der Waals surface area contributed by atoms with Crippen LogP contribution in [-0.4, -0.2) is 32.9 Å². The molecule has 1 aliphatic rings. The zero-order valence-electron chi connectivity index (χ0n) is 12.7. The summed E-state index contributed by atoms with van der Waals surface area (Å²) in [5.74, 6) is 0.235. The van der Waals surface area contributed by atoms with Gasteiger partial charge in [0.15, 0.2) is 0 Å². The third-order valence-electron chi connectivity index (χ3n) is 4.05. The first kappa shape index (κ1) is 15.3. The Bertz CT molecular complexity index is 670. The predicted octanol–water partition coefficient (Wildman–Crippen LogP) is 1.33. The van der Waals surface area contributed by atoms with Gasteiger partial charge in [-0.25, -0.2) is 4.98 Å². The fourth-order valence-corrected chi connectivity index (χ4v) is 2.77. The van der Waals surface area contributed by atoms with Gasteiger partial charge in [-0.05, 0) is 18.9 Å². The van der Waals surface area contributed by atoms with Crippen LogP contribution in [-0.2, 0) is 0 Å². The molecule has 0 radical (unpaired) electrons. The number of nitrogens with one attached hydrogen (secondary N) is 3. The predicted molar refractivity (Wildman–Crippen MR) is 88.5 cm³/mol. The topological polar surface area (TPSA) is 135 Å². The zero-order valence-corrected chi connectivity index (χ0v) is 12.7. The number of H-pyrrole nitrogens is 1. The van der Waals surface area contributed by atoms with Gasteiger partial charge < -0.3 is 27.1 Å². The highest BCUT2D eigenvalue weighted by molar-refractivity contribution is 5.98. The number of nitrogens with zero attached hydrogens (tertiary/aromatic N) is 2. The molecule has 2 heterocycles. The average molecular weight is 315 g/mol. The Morgan fingerprint density at radius 3 is 2.87 bits per heavy atom. The molecule has 23 heavy (non-hydrogen) atoms. The van der Waals surface area contributed by atoms with Crippen molar-refractivity contribution in [3.05, 3.63) is 30.2 Å². The number of anilines is 3. The molecular formula is C15H21N7O. The van der Waals surface area contributed by atoms with Gasteiger partial charge in [0.2, 0.25) is 5.95 Å². The Balaban J connectivity index is 1.82. The second kappa shape index (κ2) is 6.66. The summed E-state index contributed by atoms with van der Waals surface area (Å²) >= 11 is 0. The fourth-order valence-electron chi connectivity index (χ4n) is 2.77. The summed E-state index contributed by atoms with van der Waals surface area (Å²) in [5, 5.41) is 6.34. The lowest BCUT2D eigenvalue weighted by Crippen LogP contribution is -2.43. The van der Waals surface area contributed by atoms with Crippen LogP contribution in [0.25, 0.3) is 0 Å². The smallest absolute Gasteiger partial charge is 0.254 e. The van der Waals surface area contributed by atoms with Crippen LogP contribution in [0.3, 0.4) is 0 Å². The molecule has 0 unspecified atom stereocenters. The molecule has 1 fully saturated rings. The minimum atomic E-state index is -0.580. The summed E-state index contributed by atoms with van der Waals surface area (Å²) in [6, 6.07) is 2.06. The second-order valence-corrected chi connectivity index (χ2v) is 5.74. The Labute approximate surface area is 134 Å². The molecule has 2 aromatic rings. The first-order chi connectivity index (χ1) is 11.1. The van der Waals surface area contributed by atoms with Crippen LogP contribution >= 0.6 is 0 Å². The van der Waals surface area contributed by atoms with Gasteiger partial charge in [0, 0.05) is 30.7 Å². The van der Waals surface area contributed by atoms with Crippen LogP contribution in [0.5, 0.6) is 0 Å². The number of primary amides is 1. The van der Waals surface area contributed by atoms with Gasteiger partial charge in [-0.1, -0.05) is 12.8 Å². The number of hydrogen-bond acceptors (Lipinski definition) is 6. The first-order valence-electron chi connectivity index (χ1n) is 7.72. The SMILES string of the molecule is NC(=O)c1cnc(N[C@@H]2CCCC[C@@H]2N)nc1Nc1cc[nH]c1. The Morgan fingerprint density at radius 2 is 2.17 bits per heavy atom. The average Bonchev–Trinajstić information content (AvgIpc) is 3.02. The van der Waals surface area contributed by atoms with Gasteiger partial charge in [0.1, 0.15) is 11.4 Å². The van der Waals surface area contributed by atoms with E-state index >= 15 is 0 Å². The molecule has 0 bridgehead atoms. The number of hydrogen-bond donors (Lipinski definition) is 5. The van der Waals surface area contributed by atoms with Crippen molar-refractivity contribution in [2.45, 2.75) is 37.8 Å². The minimum absolute atomic E-state index is 0.0873. The zero-order chi connectivity index (χ0) is 16.2. The normalized spacial score (nSPS) is 20.9. The van der Waals surface area contributed by atoms with E-state index < -0.39 is 5.91 Å². The van der Waals surface area contributed by atoms with E-state index in [1.807, 2.05) is 6.07 Å². The van der Waals surface area contributed by atoms with E-state index in [2.05, 4.69) is 25.6 Å². The third kappa shape index (κ3) is 3.59. The first-order valence-corrected chi connectivity index (χ1v) is 7.72. The number of carbonyl (C=O) groups excluding carboxylic acids is 1. The van der Waals surface area contributed by atoms with Gasteiger partial charge in [-0.2, -0.15) is 4.98 Å². The molecule has 122 valence electrons. The van der Waals surface area contributed by atoms with Gasteiger partial charge in [-0.3, -0.25) is 4.79 Å². The highest BCUT2D eigenvalue weighted by atomic mass is 16.1. The lowest BCUT2D eigenvalue weighted by atomic mass is 9.91. The largest absolute Gasteiger partial charge is 0.366 e. The monoisotopic (exact) mass is 315 g/mol. The molecule has 0 aromatic carbocycles. The van der Waals surface area contributed by atoms with Crippen molar-refractivity contribution in [3.8, 4) is 0 Å². The molecule has 1 saturated carbocycles. The van der Waals surface area contributed by atoms with Crippen LogP contribution < -0.4 is 22.1 Å². The quantitative estimate of drug-likeness (QED) is 0.565. The van der Waals surface area contributed by atoms with Crippen LogP contribution in [0.1, 0.15) is 36.0 Å². The highest BCUT2D eigenvalue weighted by Crippen LogP contribution is 2.22. The Kier molecular flexibility index (Phi) is 4.42. The molecule has 7 N–H and O–H groups in total. The molecule has 1 aliphatic carbocycles. The van der Waals surface area contributed by atoms with Gasteiger partial charge in [-0.15, -0.1) is 0 Å². The van der Waals surface area contributed by atoms with Crippen molar-refractivity contribution in [2.24, 2.45) is 11.5 Å². The number of rotatable bonds is 5. The lowest BCUT2D eigenvalue weighted by molar-refractivity contribution is 0.100. The number of aromatic nitrogens is 3. The Morgan fingerprint density at radius 1 is 1.35 bits per heavy atom. The van der Waals surface area contributed by atoms with Crippen LogP contribution in [0.15, 0.2) is 24.7 Å². The Hall–Kier alpha value is -2.61. The van der Waals surface area contributed by atoms with E-state index in [0.29, 0.717) is 11.8 Å². The summed E-state index contributed by atoms with van der Waals surface area (Å²) in [6.07, 6.45) is 9.24. The molecule has 3 rings (SSSR count). The third-order valence-corrected chi connectivity index (χ3v) is 4.05. The second-order valence-electron chi connectivity index (χ2n) is 5.74. The van der Waals surface area contributed by atoms with E-state index in [0.717, 1.165) is 31.4 Å². The lowest BCUT2D eigenvalue weighted by Gasteiger charge is -2.29.